The fourth-order valence-electron chi connectivity index (χ4n) is 3.71. The van der Waals surface area contributed by atoms with Gasteiger partial charge in [-0.15, -0.1) is 10.2 Å². The molecular weight excluding hydrogens is 382 g/mol. The predicted octanol–water partition coefficient (Wildman–Crippen LogP) is 2.89. The molecule has 0 spiro atoms. The topological polar surface area (TPSA) is 95.1 Å². The number of aryl methyl sites for hydroxylation is 1. The Balaban J connectivity index is 1.28. The van der Waals surface area contributed by atoms with Crippen molar-refractivity contribution >= 4 is 17.0 Å². The Labute approximate surface area is 172 Å². The predicted molar refractivity (Wildman–Crippen MR) is 109 cm³/mol. The van der Waals surface area contributed by atoms with Crippen LogP contribution in [0.4, 0.5) is 0 Å². The number of carbonyl (C=O) groups excluding carboxylic acids is 1. The van der Waals surface area contributed by atoms with Gasteiger partial charge in [0.25, 0.3) is 5.91 Å². The Morgan fingerprint density at radius 1 is 1.20 bits per heavy atom. The van der Waals surface area contributed by atoms with E-state index in [9.17, 15) is 4.79 Å². The van der Waals surface area contributed by atoms with Crippen molar-refractivity contribution < 1.29 is 13.9 Å². The van der Waals surface area contributed by atoms with Crippen molar-refractivity contribution in [3.8, 4) is 5.75 Å². The summed E-state index contributed by atoms with van der Waals surface area (Å²) in [6.45, 7) is 1.26. The van der Waals surface area contributed by atoms with Gasteiger partial charge in [-0.2, -0.15) is 0 Å². The largest absolute Gasteiger partial charge is 0.497 e. The average Bonchev–Trinajstić information content (AvgIpc) is 3.48. The summed E-state index contributed by atoms with van der Waals surface area (Å²) >= 11 is 0. The third-order valence-electron chi connectivity index (χ3n) is 5.30. The molecule has 1 amide bonds. The lowest BCUT2D eigenvalue weighted by molar-refractivity contribution is 0.0949. The number of fused-ring (bicyclic) bond motifs is 2. The van der Waals surface area contributed by atoms with Gasteiger partial charge in [0.15, 0.2) is 17.3 Å². The van der Waals surface area contributed by atoms with E-state index in [0.717, 1.165) is 47.9 Å². The Bertz CT molecular complexity index is 1210. The first-order valence-corrected chi connectivity index (χ1v) is 9.91. The van der Waals surface area contributed by atoms with E-state index >= 15 is 0 Å². The minimum absolute atomic E-state index is 0.180. The van der Waals surface area contributed by atoms with E-state index in [4.69, 9.17) is 9.15 Å². The van der Waals surface area contributed by atoms with Crippen molar-refractivity contribution in [2.75, 3.05) is 7.11 Å². The molecule has 0 unspecified atom stereocenters. The molecule has 30 heavy (non-hydrogen) atoms. The first-order valence-electron chi connectivity index (χ1n) is 9.91. The summed E-state index contributed by atoms with van der Waals surface area (Å²) in [5, 5.41) is 11.3. The maximum atomic E-state index is 12.6. The summed E-state index contributed by atoms with van der Waals surface area (Å²) < 4.78 is 13.1. The number of methoxy groups -OCH3 is 1. The third kappa shape index (κ3) is 3.52. The highest BCUT2D eigenvalue weighted by atomic mass is 16.5. The first kappa shape index (κ1) is 18.4. The first-order chi connectivity index (χ1) is 14.7. The number of nitrogens with zero attached hydrogens (tertiary/aromatic N) is 4. The summed E-state index contributed by atoms with van der Waals surface area (Å²) in [5.74, 6) is 3.01. The number of carbonyl (C=O) groups is 1. The van der Waals surface area contributed by atoms with E-state index in [0.29, 0.717) is 30.0 Å². The van der Waals surface area contributed by atoms with Crippen LogP contribution in [-0.2, 0) is 25.9 Å². The second-order valence-electron chi connectivity index (χ2n) is 7.29. The van der Waals surface area contributed by atoms with E-state index in [-0.39, 0.29) is 5.91 Å². The number of oxazole rings is 1. The summed E-state index contributed by atoms with van der Waals surface area (Å²) in [5.41, 5.74) is 2.91. The molecule has 8 heteroatoms. The Kier molecular flexibility index (Phi) is 4.66. The number of rotatable bonds is 6. The van der Waals surface area contributed by atoms with E-state index in [1.54, 1.807) is 25.3 Å². The van der Waals surface area contributed by atoms with Crippen LogP contribution >= 0.6 is 0 Å². The second kappa shape index (κ2) is 7.62. The van der Waals surface area contributed by atoms with Gasteiger partial charge in [-0.1, -0.05) is 12.1 Å². The number of aromatic nitrogens is 4. The van der Waals surface area contributed by atoms with Gasteiger partial charge in [-0.05, 0) is 42.3 Å². The molecule has 1 aliphatic heterocycles. The molecule has 1 N–H and O–H groups in total. The van der Waals surface area contributed by atoms with Gasteiger partial charge in [-0.25, -0.2) is 4.98 Å². The van der Waals surface area contributed by atoms with Gasteiger partial charge in [0, 0.05) is 24.9 Å². The smallest absolute Gasteiger partial charge is 0.251 e. The molecule has 0 saturated heterocycles. The fraction of sp³-hybridized carbons (Fsp3) is 0.273. The van der Waals surface area contributed by atoms with Crippen LogP contribution in [0.25, 0.3) is 11.1 Å². The molecule has 2 aromatic carbocycles. The van der Waals surface area contributed by atoms with Crippen LogP contribution in [0.2, 0.25) is 0 Å². The minimum atomic E-state index is -0.180. The Morgan fingerprint density at radius 3 is 2.90 bits per heavy atom. The Hall–Kier alpha value is -3.68. The molecule has 0 aliphatic carbocycles. The van der Waals surface area contributed by atoms with Crippen LogP contribution in [0.3, 0.4) is 0 Å². The molecule has 0 radical (unpaired) electrons. The van der Waals surface area contributed by atoms with E-state index < -0.39 is 0 Å². The molecule has 4 aromatic rings. The molecule has 5 rings (SSSR count). The number of benzene rings is 2. The molecule has 0 atom stereocenters. The highest BCUT2D eigenvalue weighted by Crippen LogP contribution is 2.21. The summed E-state index contributed by atoms with van der Waals surface area (Å²) in [4.78, 5) is 17.1. The second-order valence-corrected chi connectivity index (χ2v) is 7.29. The molecule has 3 heterocycles. The van der Waals surface area contributed by atoms with Crippen molar-refractivity contribution in [1.82, 2.24) is 25.1 Å². The van der Waals surface area contributed by atoms with Gasteiger partial charge in [0.05, 0.1) is 13.7 Å². The van der Waals surface area contributed by atoms with Crippen LogP contribution in [0.15, 0.2) is 46.9 Å². The van der Waals surface area contributed by atoms with Crippen molar-refractivity contribution in [3.05, 3.63) is 71.1 Å². The summed E-state index contributed by atoms with van der Waals surface area (Å²) in [7, 11) is 1.64. The monoisotopic (exact) mass is 403 g/mol. The minimum Gasteiger partial charge on any atom is -0.497 e. The normalized spacial score (nSPS) is 12.8. The van der Waals surface area contributed by atoms with Crippen molar-refractivity contribution in [3.63, 3.8) is 0 Å². The molecule has 152 valence electrons. The molecule has 1 aliphatic rings. The lowest BCUT2D eigenvalue weighted by atomic mass is 10.1. The zero-order valence-corrected chi connectivity index (χ0v) is 16.6. The Morgan fingerprint density at radius 2 is 2.07 bits per heavy atom. The van der Waals surface area contributed by atoms with E-state index in [2.05, 4.69) is 25.1 Å². The molecule has 0 bridgehead atoms. The van der Waals surface area contributed by atoms with Gasteiger partial charge in [0.1, 0.15) is 17.1 Å². The lowest BCUT2D eigenvalue weighted by Gasteiger charge is -2.05. The number of hydrogen-bond acceptors (Lipinski definition) is 6. The van der Waals surface area contributed by atoms with Gasteiger partial charge in [-0.3, -0.25) is 4.79 Å². The molecule has 0 fully saturated rings. The van der Waals surface area contributed by atoms with Crippen LogP contribution in [0.1, 0.15) is 39.9 Å². The van der Waals surface area contributed by atoms with Gasteiger partial charge >= 0.3 is 0 Å². The van der Waals surface area contributed by atoms with Crippen LogP contribution in [0.5, 0.6) is 5.75 Å². The number of nitrogens with one attached hydrogen (secondary N) is 1. The average molecular weight is 403 g/mol. The maximum Gasteiger partial charge on any atom is 0.251 e. The number of amides is 1. The SMILES string of the molecule is COc1ccc(Cc2nc3ccc(C(=O)NCc4nnc5n4CCC5)cc3o2)cc1. The molecule has 2 aromatic heterocycles. The molecule has 0 saturated carbocycles. The van der Waals surface area contributed by atoms with Crippen LogP contribution < -0.4 is 10.1 Å². The third-order valence-corrected chi connectivity index (χ3v) is 5.30. The fourth-order valence-corrected chi connectivity index (χ4v) is 3.71. The van der Waals surface area contributed by atoms with Crippen molar-refractivity contribution in [2.45, 2.75) is 32.4 Å². The molecule has 8 nitrogen and oxygen atoms in total. The van der Waals surface area contributed by atoms with Crippen molar-refractivity contribution in [2.24, 2.45) is 0 Å². The van der Waals surface area contributed by atoms with Gasteiger partial charge < -0.3 is 19.0 Å². The maximum absolute atomic E-state index is 12.6. The summed E-state index contributed by atoms with van der Waals surface area (Å²) in [6, 6.07) is 13.1. The zero-order valence-electron chi connectivity index (χ0n) is 16.6. The van der Waals surface area contributed by atoms with Crippen molar-refractivity contribution in [1.29, 1.82) is 0 Å². The highest BCUT2D eigenvalue weighted by molar-refractivity contribution is 5.96. The lowest BCUT2D eigenvalue weighted by Crippen LogP contribution is -2.24. The number of hydrogen-bond donors (Lipinski definition) is 1. The summed E-state index contributed by atoms with van der Waals surface area (Å²) in [6.07, 6.45) is 2.59. The van der Waals surface area contributed by atoms with E-state index in [1.165, 1.54) is 0 Å². The van der Waals surface area contributed by atoms with Crippen LogP contribution in [-0.4, -0.2) is 32.8 Å². The highest BCUT2D eigenvalue weighted by Gasteiger charge is 2.18. The zero-order chi connectivity index (χ0) is 20.5. The quantitative estimate of drug-likeness (QED) is 0.532. The van der Waals surface area contributed by atoms with Gasteiger partial charge in [0.2, 0.25) is 0 Å². The molecular formula is C22H21N5O3. The van der Waals surface area contributed by atoms with Crippen LogP contribution in [0, 0.1) is 0 Å². The number of ether oxygens (including phenoxy) is 1. The van der Waals surface area contributed by atoms with E-state index in [1.807, 2.05) is 24.3 Å². The standard InChI is InChI=1S/C22H21N5O3/c1-29-16-7-4-14(5-8-16)11-21-24-17-9-6-15(12-18(17)30-21)22(28)23-13-20-26-25-19-3-2-10-27(19)20/h4-9,12H,2-3,10-11,13H2,1H3,(H,23,28).